The molecule has 1 N–H and O–H groups in total. The molecule has 2 aromatic rings. The Bertz CT molecular complexity index is 799. The number of nitrogens with one attached hydrogen (secondary N) is 1. The SMILES string of the molecule is Cc1nc(S(=O)(=O)N2CCNCC2c2cccc(Cl)c2)cn1C. The molecule has 0 bridgehead atoms. The number of hydrogen-bond donors (Lipinski definition) is 1. The van der Waals surface area contributed by atoms with Crippen LogP contribution in [-0.4, -0.2) is 41.9 Å². The van der Waals surface area contributed by atoms with Crippen molar-refractivity contribution in [2.24, 2.45) is 7.05 Å². The van der Waals surface area contributed by atoms with Gasteiger partial charge in [-0.2, -0.15) is 4.31 Å². The third-order valence-corrected chi connectivity index (χ3v) is 6.10. The highest BCUT2D eigenvalue weighted by Crippen LogP contribution is 2.29. The minimum atomic E-state index is -3.66. The maximum Gasteiger partial charge on any atom is 0.262 e. The van der Waals surface area contributed by atoms with Crippen LogP contribution in [0.1, 0.15) is 17.4 Å². The van der Waals surface area contributed by atoms with E-state index in [1.54, 1.807) is 30.8 Å². The monoisotopic (exact) mass is 354 g/mol. The molecule has 2 heterocycles. The number of aromatic nitrogens is 2. The van der Waals surface area contributed by atoms with Crippen LogP contribution in [0.15, 0.2) is 35.5 Å². The Balaban J connectivity index is 2.01. The van der Waals surface area contributed by atoms with E-state index in [0.717, 1.165) is 5.56 Å². The first kappa shape index (κ1) is 16.4. The van der Waals surface area contributed by atoms with Crippen LogP contribution in [0.5, 0.6) is 0 Å². The van der Waals surface area contributed by atoms with Gasteiger partial charge in [-0.1, -0.05) is 23.7 Å². The number of halogens is 1. The van der Waals surface area contributed by atoms with Crippen LogP contribution in [-0.2, 0) is 17.1 Å². The van der Waals surface area contributed by atoms with Crippen molar-refractivity contribution in [2.75, 3.05) is 19.6 Å². The third-order valence-electron chi connectivity index (χ3n) is 4.09. The maximum atomic E-state index is 13.0. The Morgan fingerprint density at radius 3 is 2.83 bits per heavy atom. The van der Waals surface area contributed by atoms with Gasteiger partial charge in [-0.15, -0.1) is 0 Å². The predicted octanol–water partition coefficient (Wildman–Crippen LogP) is 1.72. The van der Waals surface area contributed by atoms with E-state index >= 15 is 0 Å². The number of rotatable bonds is 3. The lowest BCUT2D eigenvalue weighted by molar-refractivity contribution is 0.271. The smallest absolute Gasteiger partial charge is 0.262 e. The summed E-state index contributed by atoms with van der Waals surface area (Å²) in [6, 6.07) is 7.03. The Morgan fingerprint density at radius 1 is 1.39 bits per heavy atom. The van der Waals surface area contributed by atoms with Crippen molar-refractivity contribution in [3.05, 3.63) is 46.9 Å². The second kappa shape index (κ2) is 6.24. The maximum absolute atomic E-state index is 13.0. The number of nitrogens with zero attached hydrogens (tertiary/aromatic N) is 3. The summed E-state index contributed by atoms with van der Waals surface area (Å²) in [6.07, 6.45) is 1.56. The van der Waals surface area contributed by atoms with Crippen LogP contribution in [0.25, 0.3) is 0 Å². The van der Waals surface area contributed by atoms with Crippen molar-refractivity contribution in [2.45, 2.75) is 18.0 Å². The molecule has 1 aliphatic rings. The van der Waals surface area contributed by atoms with Crippen molar-refractivity contribution in [1.82, 2.24) is 19.2 Å². The summed E-state index contributed by atoms with van der Waals surface area (Å²) in [5, 5.41) is 3.93. The number of piperazine rings is 1. The van der Waals surface area contributed by atoms with Crippen LogP contribution in [0, 0.1) is 6.92 Å². The summed E-state index contributed by atoms with van der Waals surface area (Å²) in [5.41, 5.74) is 0.876. The van der Waals surface area contributed by atoms with Crippen molar-refractivity contribution in [3.63, 3.8) is 0 Å². The first-order chi connectivity index (χ1) is 10.9. The minimum absolute atomic E-state index is 0.0893. The Morgan fingerprint density at radius 2 is 2.17 bits per heavy atom. The zero-order valence-electron chi connectivity index (χ0n) is 13.0. The van der Waals surface area contributed by atoms with Crippen LogP contribution in [0.2, 0.25) is 5.02 Å². The molecule has 0 amide bonds. The van der Waals surface area contributed by atoms with Crippen LogP contribution in [0.3, 0.4) is 0 Å². The lowest BCUT2D eigenvalue weighted by Crippen LogP contribution is -2.48. The molecule has 124 valence electrons. The fourth-order valence-corrected chi connectivity index (χ4v) is 4.58. The third kappa shape index (κ3) is 3.14. The molecular formula is C15H19ClN4O2S. The zero-order chi connectivity index (χ0) is 16.6. The molecule has 1 aromatic carbocycles. The van der Waals surface area contributed by atoms with Gasteiger partial charge in [0.15, 0.2) is 5.03 Å². The van der Waals surface area contributed by atoms with E-state index in [0.29, 0.717) is 30.5 Å². The molecule has 3 rings (SSSR count). The largest absolute Gasteiger partial charge is 0.337 e. The number of aryl methyl sites for hydroxylation is 2. The molecule has 0 aliphatic carbocycles. The van der Waals surface area contributed by atoms with Gasteiger partial charge < -0.3 is 9.88 Å². The highest BCUT2D eigenvalue weighted by molar-refractivity contribution is 7.89. The summed E-state index contributed by atoms with van der Waals surface area (Å²) in [4.78, 5) is 4.19. The summed E-state index contributed by atoms with van der Waals surface area (Å²) in [5.74, 6) is 0.665. The fraction of sp³-hybridized carbons (Fsp3) is 0.400. The molecule has 8 heteroatoms. The second-order valence-electron chi connectivity index (χ2n) is 5.63. The van der Waals surface area contributed by atoms with E-state index in [2.05, 4.69) is 10.3 Å². The molecule has 1 unspecified atom stereocenters. The Hall–Kier alpha value is -1.41. The Labute approximate surface area is 141 Å². The van der Waals surface area contributed by atoms with Crippen molar-refractivity contribution >= 4 is 21.6 Å². The van der Waals surface area contributed by atoms with E-state index < -0.39 is 10.0 Å². The van der Waals surface area contributed by atoms with E-state index in [-0.39, 0.29) is 11.1 Å². The highest BCUT2D eigenvalue weighted by Gasteiger charge is 2.36. The Kier molecular flexibility index (Phi) is 4.46. The molecule has 1 saturated heterocycles. The lowest BCUT2D eigenvalue weighted by Gasteiger charge is -2.35. The van der Waals surface area contributed by atoms with Gasteiger partial charge in [0.1, 0.15) is 5.82 Å². The van der Waals surface area contributed by atoms with Gasteiger partial charge in [0, 0.05) is 37.9 Å². The summed E-state index contributed by atoms with van der Waals surface area (Å²) < 4.78 is 29.2. The fourth-order valence-electron chi connectivity index (χ4n) is 2.74. The lowest BCUT2D eigenvalue weighted by atomic mass is 10.1. The van der Waals surface area contributed by atoms with Crippen molar-refractivity contribution in [1.29, 1.82) is 0 Å². The van der Waals surface area contributed by atoms with Gasteiger partial charge in [-0.3, -0.25) is 0 Å². The zero-order valence-corrected chi connectivity index (χ0v) is 14.6. The van der Waals surface area contributed by atoms with Crippen LogP contribution >= 0.6 is 11.6 Å². The number of benzene rings is 1. The first-order valence-corrected chi connectivity index (χ1v) is 9.19. The summed E-state index contributed by atoms with van der Waals surface area (Å²) >= 11 is 6.06. The van der Waals surface area contributed by atoms with Gasteiger partial charge in [0.2, 0.25) is 0 Å². The van der Waals surface area contributed by atoms with E-state index in [4.69, 9.17) is 11.6 Å². The van der Waals surface area contributed by atoms with Crippen LogP contribution < -0.4 is 5.32 Å². The molecule has 1 atom stereocenters. The average Bonchev–Trinajstić information content (AvgIpc) is 2.87. The van der Waals surface area contributed by atoms with Gasteiger partial charge in [-0.25, -0.2) is 13.4 Å². The number of hydrogen-bond acceptors (Lipinski definition) is 4. The van der Waals surface area contributed by atoms with E-state index in [1.807, 2.05) is 18.2 Å². The van der Waals surface area contributed by atoms with Gasteiger partial charge in [0.25, 0.3) is 10.0 Å². The molecule has 6 nitrogen and oxygen atoms in total. The van der Waals surface area contributed by atoms with Gasteiger partial charge in [-0.05, 0) is 24.6 Å². The normalized spacial score (nSPS) is 19.9. The molecule has 0 spiro atoms. The van der Waals surface area contributed by atoms with E-state index in [9.17, 15) is 8.42 Å². The number of imidazole rings is 1. The summed E-state index contributed by atoms with van der Waals surface area (Å²) in [7, 11) is -1.87. The van der Waals surface area contributed by atoms with Gasteiger partial charge >= 0.3 is 0 Å². The molecule has 0 radical (unpaired) electrons. The predicted molar refractivity (Wildman–Crippen MR) is 88.9 cm³/mol. The van der Waals surface area contributed by atoms with Crippen molar-refractivity contribution < 1.29 is 8.42 Å². The molecule has 0 saturated carbocycles. The molecule has 1 aromatic heterocycles. The first-order valence-electron chi connectivity index (χ1n) is 7.37. The summed E-state index contributed by atoms with van der Waals surface area (Å²) in [6.45, 7) is 3.34. The van der Waals surface area contributed by atoms with Gasteiger partial charge in [0.05, 0.1) is 6.04 Å². The standard InChI is InChI=1S/C15H19ClN4O2S/c1-11-18-15(10-19(11)2)23(21,22)20-7-6-17-9-14(20)12-4-3-5-13(16)8-12/h3-5,8,10,14,17H,6-7,9H2,1-2H3. The molecule has 1 aliphatic heterocycles. The quantitative estimate of drug-likeness (QED) is 0.911. The van der Waals surface area contributed by atoms with E-state index in [1.165, 1.54) is 4.31 Å². The minimum Gasteiger partial charge on any atom is -0.337 e. The second-order valence-corrected chi connectivity index (χ2v) is 7.90. The topological polar surface area (TPSA) is 67.2 Å². The molecular weight excluding hydrogens is 336 g/mol. The molecule has 23 heavy (non-hydrogen) atoms. The van der Waals surface area contributed by atoms with Crippen LogP contribution in [0.4, 0.5) is 0 Å². The average molecular weight is 355 g/mol. The van der Waals surface area contributed by atoms with Crippen molar-refractivity contribution in [3.8, 4) is 0 Å². The molecule has 1 fully saturated rings. The highest BCUT2D eigenvalue weighted by atomic mass is 35.5. The number of sulfonamides is 1.